The van der Waals surface area contributed by atoms with E-state index in [1.165, 1.54) is 83.5 Å². The third-order valence-electron chi connectivity index (χ3n) is 5.20. The van der Waals surface area contributed by atoms with E-state index in [2.05, 4.69) is 39.8 Å². The number of aliphatic hydroxyl groups is 4. The summed E-state index contributed by atoms with van der Waals surface area (Å²) in [6.07, 6.45) is 29.3. The zero-order valence-corrected chi connectivity index (χ0v) is 26.0. The molecule has 0 aliphatic heterocycles. The monoisotopic (exact) mass is 538 g/mol. The van der Waals surface area contributed by atoms with Gasteiger partial charge in [-0.15, -0.1) is 0 Å². The molecule has 0 aromatic heterocycles. The number of allylic oxidation sites excluding steroid dienone is 2. The zero-order valence-electron chi connectivity index (χ0n) is 24.4. The fourth-order valence-electron chi connectivity index (χ4n) is 2.83. The molecule has 214 valence electrons. The van der Waals surface area contributed by atoms with Gasteiger partial charge in [0.05, 0.1) is 0 Å². The van der Waals surface area contributed by atoms with Gasteiger partial charge in [0, 0.05) is 48.1 Å². The molecule has 4 nitrogen and oxygen atoms in total. The Labute approximate surface area is 236 Å². The van der Waals surface area contributed by atoms with Gasteiger partial charge in [-0.05, 0) is 51.4 Å². The van der Waals surface area contributed by atoms with Gasteiger partial charge in [0.1, 0.15) is 0 Å². The van der Waals surface area contributed by atoms with Crippen LogP contribution in [0.5, 0.6) is 0 Å². The summed E-state index contributed by atoms with van der Waals surface area (Å²) in [5.41, 5.74) is 0. The number of hydrogen-bond acceptors (Lipinski definition) is 4. The molecule has 0 bridgehead atoms. The summed E-state index contributed by atoms with van der Waals surface area (Å²) in [7, 11) is 0. The third-order valence-corrected chi connectivity index (χ3v) is 5.20. The Hall–Kier alpha value is 0.294. The van der Waals surface area contributed by atoms with Crippen molar-refractivity contribution >= 4 is 0 Å². The van der Waals surface area contributed by atoms with E-state index < -0.39 is 0 Å². The quantitative estimate of drug-likeness (QED) is 0.0672. The van der Waals surface area contributed by atoms with Gasteiger partial charge in [-0.1, -0.05) is 117 Å². The first kappa shape index (κ1) is 45.2. The second kappa shape index (κ2) is 55.0. The van der Waals surface area contributed by atoms with Crippen LogP contribution in [0.3, 0.4) is 0 Å². The molecule has 5 heteroatoms. The van der Waals surface area contributed by atoms with Gasteiger partial charge in [0.2, 0.25) is 0 Å². The first-order valence-corrected chi connectivity index (χ1v) is 14.7. The molecular weight excluding hydrogens is 472 g/mol. The molecule has 0 fully saturated rings. The Balaban J connectivity index is -0.000000152. The topological polar surface area (TPSA) is 80.9 Å². The second-order valence-electron chi connectivity index (χ2n) is 8.89. The van der Waals surface area contributed by atoms with Crippen molar-refractivity contribution in [3.05, 3.63) is 12.2 Å². The maximum atomic E-state index is 8.66. The molecule has 0 aromatic rings. The number of aliphatic hydroxyl groups excluding tert-OH is 4. The van der Waals surface area contributed by atoms with Gasteiger partial charge in [0.25, 0.3) is 0 Å². The summed E-state index contributed by atoms with van der Waals surface area (Å²) >= 11 is 0. The molecule has 0 saturated heterocycles. The summed E-state index contributed by atoms with van der Waals surface area (Å²) in [5.74, 6) is 0. The number of unbranched alkanes of at least 4 members (excludes halogenated alkanes) is 15. The van der Waals surface area contributed by atoms with Gasteiger partial charge in [-0.3, -0.25) is 0 Å². The van der Waals surface area contributed by atoms with E-state index in [0.717, 1.165) is 44.9 Å². The molecule has 0 amide bonds. The van der Waals surface area contributed by atoms with Crippen molar-refractivity contribution in [3.8, 4) is 0 Å². The molecule has 0 radical (unpaired) electrons. The second-order valence-corrected chi connectivity index (χ2v) is 8.89. The predicted molar refractivity (Wildman–Crippen MR) is 153 cm³/mol. The summed E-state index contributed by atoms with van der Waals surface area (Å²) in [6.45, 7) is 9.82. The molecule has 0 unspecified atom stereocenters. The molecule has 0 rings (SSSR count). The third kappa shape index (κ3) is 72.0. The van der Waals surface area contributed by atoms with Crippen LogP contribution in [-0.2, 0) is 21.7 Å². The first-order valence-electron chi connectivity index (χ1n) is 14.7. The van der Waals surface area contributed by atoms with Crippen LogP contribution >= 0.6 is 0 Å². The van der Waals surface area contributed by atoms with Crippen LogP contribution in [0.15, 0.2) is 12.2 Å². The van der Waals surface area contributed by atoms with E-state index in [4.69, 9.17) is 20.4 Å². The van der Waals surface area contributed by atoms with Crippen molar-refractivity contribution < 1.29 is 42.1 Å². The Morgan fingerprint density at radius 2 is 0.600 bits per heavy atom. The van der Waals surface area contributed by atoms with E-state index in [0.29, 0.717) is 26.4 Å². The van der Waals surface area contributed by atoms with Crippen LogP contribution in [-0.4, -0.2) is 46.9 Å². The van der Waals surface area contributed by atoms with Crippen molar-refractivity contribution in [3.63, 3.8) is 0 Å². The van der Waals surface area contributed by atoms with E-state index in [9.17, 15) is 0 Å². The van der Waals surface area contributed by atoms with Gasteiger partial charge < -0.3 is 20.4 Å². The first-order chi connectivity index (χ1) is 16.7. The normalized spacial score (nSPS) is 9.83. The molecule has 0 atom stereocenters. The van der Waals surface area contributed by atoms with Crippen LogP contribution < -0.4 is 0 Å². The fraction of sp³-hybridized carbons (Fsp3) is 0.933. The van der Waals surface area contributed by atoms with E-state index in [1.54, 1.807) is 0 Å². The van der Waals surface area contributed by atoms with Crippen molar-refractivity contribution in [1.82, 2.24) is 0 Å². The largest absolute Gasteiger partial charge is 0.396 e. The molecular formula is C30H66O4Ti. The minimum absolute atomic E-state index is 0. The molecule has 0 saturated carbocycles. The van der Waals surface area contributed by atoms with Crippen LogP contribution in [0.4, 0.5) is 0 Å². The average molecular weight is 539 g/mol. The minimum Gasteiger partial charge on any atom is -0.396 e. The van der Waals surface area contributed by atoms with E-state index in [1.807, 2.05) is 0 Å². The van der Waals surface area contributed by atoms with Crippen molar-refractivity contribution in [1.29, 1.82) is 0 Å². The Kier molecular flexibility index (Phi) is 71.1. The number of hydrogen-bond donors (Lipinski definition) is 4. The van der Waals surface area contributed by atoms with Crippen LogP contribution in [0.25, 0.3) is 0 Å². The van der Waals surface area contributed by atoms with Crippen LogP contribution in [0.1, 0.15) is 156 Å². The summed E-state index contributed by atoms with van der Waals surface area (Å²) in [5, 5.41) is 32.9. The van der Waals surface area contributed by atoms with Crippen LogP contribution in [0.2, 0.25) is 0 Å². The van der Waals surface area contributed by atoms with Crippen molar-refractivity contribution in [2.24, 2.45) is 0 Å². The minimum atomic E-state index is 0. The van der Waals surface area contributed by atoms with Gasteiger partial charge in [0.15, 0.2) is 0 Å². The number of rotatable bonds is 21. The Morgan fingerprint density at radius 3 is 0.857 bits per heavy atom. The van der Waals surface area contributed by atoms with Crippen LogP contribution in [0, 0.1) is 0 Å². The van der Waals surface area contributed by atoms with E-state index in [-0.39, 0.29) is 21.7 Å². The van der Waals surface area contributed by atoms with Gasteiger partial charge in [-0.25, -0.2) is 0 Å². The Morgan fingerprint density at radius 1 is 0.343 bits per heavy atom. The molecule has 4 N–H and O–H groups in total. The van der Waals surface area contributed by atoms with Crippen molar-refractivity contribution in [2.75, 3.05) is 26.4 Å². The predicted octanol–water partition coefficient (Wildman–Crippen LogP) is 8.35. The molecule has 0 aliphatic rings. The molecule has 0 aliphatic carbocycles. The summed E-state index contributed by atoms with van der Waals surface area (Å²) in [6, 6.07) is 0. The maximum absolute atomic E-state index is 8.66. The smallest absolute Gasteiger partial charge is 0.0431 e. The standard InChI is InChI=1S/C18H36O.3C4H10O.Ti/c1-2-3-4-5-6-7-8-9-10-11-12-13-14-15-16-17-18-19;3*1-2-3-4-5;/h9-10,19H,2-8,11-18H2,1H3;3*5H,2-4H2,1H3;/b10-9+;;;;. The van der Waals surface area contributed by atoms with Gasteiger partial charge in [-0.2, -0.15) is 0 Å². The summed E-state index contributed by atoms with van der Waals surface area (Å²) < 4.78 is 0. The molecule has 0 aromatic carbocycles. The molecule has 35 heavy (non-hydrogen) atoms. The fourth-order valence-corrected chi connectivity index (χ4v) is 2.83. The Bertz CT molecular complexity index is 282. The molecule has 0 heterocycles. The summed E-state index contributed by atoms with van der Waals surface area (Å²) in [4.78, 5) is 0. The van der Waals surface area contributed by atoms with E-state index >= 15 is 0 Å². The van der Waals surface area contributed by atoms with Gasteiger partial charge >= 0.3 is 0 Å². The molecule has 0 spiro atoms. The average Bonchev–Trinajstić information content (AvgIpc) is 2.84. The maximum Gasteiger partial charge on any atom is 0.0431 e. The SMILES string of the molecule is CCCCCCCC/C=C/CCCCCCCCO.CCCCO.CCCCO.CCCCO.[Ti]. The zero-order chi connectivity index (χ0) is 26.4. The van der Waals surface area contributed by atoms with Crippen molar-refractivity contribution in [2.45, 2.75) is 156 Å².